The lowest BCUT2D eigenvalue weighted by Gasteiger charge is -2.08. The summed E-state index contributed by atoms with van der Waals surface area (Å²) in [6, 6.07) is 7.18. The summed E-state index contributed by atoms with van der Waals surface area (Å²) >= 11 is 0.963. The maximum absolute atomic E-state index is 12.2. The minimum absolute atomic E-state index is 0.156. The van der Waals surface area contributed by atoms with E-state index < -0.39 is 10.0 Å². The van der Waals surface area contributed by atoms with Crippen molar-refractivity contribution in [3.8, 4) is 0 Å². The molecule has 0 unspecified atom stereocenters. The van der Waals surface area contributed by atoms with Gasteiger partial charge in [0.25, 0.3) is 10.0 Å². The standard InChI is InChI=1S/C11H13N3O2S2/c1-7-5-3-4-6-9(7)14-18(15,16)10-8(2)13-11(12)17-10/h3-6,14H,1-2H3,(H2,12,13). The van der Waals surface area contributed by atoms with Gasteiger partial charge in [-0.2, -0.15) is 0 Å². The molecule has 96 valence electrons. The number of aromatic nitrogens is 1. The number of thiazole rings is 1. The Hall–Kier alpha value is -1.60. The highest BCUT2D eigenvalue weighted by atomic mass is 32.2. The molecular formula is C11H13N3O2S2. The number of sulfonamides is 1. The van der Waals surface area contributed by atoms with Gasteiger partial charge in [-0.1, -0.05) is 29.5 Å². The van der Waals surface area contributed by atoms with Crippen LogP contribution in [0.1, 0.15) is 11.3 Å². The molecule has 18 heavy (non-hydrogen) atoms. The van der Waals surface area contributed by atoms with Crippen molar-refractivity contribution in [3.05, 3.63) is 35.5 Å². The second-order valence-corrected chi connectivity index (χ2v) is 6.75. The molecule has 0 spiro atoms. The Kier molecular flexibility index (Phi) is 3.27. The molecule has 0 aliphatic rings. The van der Waals surface area contributed by atoms with Crippen LogP contribution in [0.15, 0.2) is 28.5 Å². The van der Waals surface area contributed by atoms with Crippen molar-refractivity contribution in [2.45, 2.75) is 18.1 Å². The lowest BCUT2D eigenvalue weighted by molar-refractivity contribution is 0.602. The third-order valence-corrected chi connectivity index (χ3v) is 5.37. The number of anilines is 2. The zero-order chi connectivity index (χ0) is 13.3. The monoisotopic (exact) mass is 283 g/mol. The van der Waals surface area contributed by atoms with Gasteiger partial charge in [0.05, 0.1) is 11.4 Å². The molecule has 3 N–H and O–H groups in total. The number of aryl methyl sites for hydroxylation is 2. The van der Waals surface area contributed by atoms with E-state index >= 15 is 0 Å². The number of para-hydroxylation sites is 1. The van der Waals surface area contributed by atoms with Crippen LogP contribution in [-0.2, 0) is 10.0 Å². The summed E-state index contributed by atoms with van der Waals surface area (Å²) in [7, 11) is -3.62. The summed E-state index contributed by atoms with van der Waals surface area (Å²) < 4.78 is 27.1. The molecule has 0 fully saturated rings. The summed E-state index contributed by atoms with van der Waals surface area (Å²) in [5, 5.41) is 0.248. The van der Waals surface area contributed by atoms with Crippen molar-refractivity contribution in [1.29, 1.82) is 0 Å². The molecule has 0 atom stereocenters. The normalized spacial score (nSPS) is 11.4. The Morgan fingerprint density at radius 3 is 2.50 bits per heavy atom. The smallest absolute Gasteiger partial charge is 0.273 e. The van der Waals surface area contributed by atoms with Crippen LogP contribution in [0.25, 0.3) is 0 Å². The molecule has 0 bridgehead atoms. The summed E-state index contributed by atoms with van der Waals surface area (Å²) in [5.41, 5.74) is 7.35. The molecule has 0 aliphatic carbocycles. The Morgan fingerprint density at radius 1 is 1.28 bits per heavy atom. The van der Waals surface area contributed by atoms with Crippen molar-refractivity contribution >= 4 is 32.2 Å². The highest BCUT2D eigenvalue weighted by Crippen LogP contribution is 2.27. The van der Waals surface area contributed by atoms with Crippen LogP contribution in [-0.4, -0.2) is 13.4 Å². The van der Waals surface area contributed by atoms with Gasteiger partial charge < -0.3 is 5.73 Å². The van der Waals surface area contributed by atoms with Crippen molar-refractivity contribution in [2.75, 3.05) is 10.5 Å². The third-order valence-electron chi connectivity index (χ3n) is 2.40. The van der Waals surface area contributed by atoms with Gasteiger partial charge in [0.2, 0.25) is 0 Å². The van der Waals surface area contributed by atoms with Gasteiger partial charge in [0.15, 0.2) is 9.34 Å². The largest absolute Gasteiger partial charge is 0.375 e. The van der Waals surface area contributed by atoms with Crippen LogP contribution in [0.4, 0.5) is 10.8 Å². The minimum Gasteiger partial charge on any atom is -0.375 e. The van der Waals surface area contributed by atoms with E-state index in [0.29, 0.717) is 11.4 Å². The fourth-order valence-corrected chi connectivity index (χ4v) is 3.96. The Balaban J connectivity index is 2.40. The molecule has 5 nitrogen and oxygen atoms in total. The first kappa shape index (κ1) is 12.8. The van der Waals surface area contributed by atoms with E-state index in [1.165, 1.54) is 0 Å². The van der Waals surface area contributed by atoms with Crippen LogP contribution in [0.2, 0.25) is 0 Å². The Labute approximate surface area is 110 Å². The van der Waals surface area contributed by atoms with Crippen molar-refractivity contribution in [3.63, 3.8) is 0 Å². The average Bonchev–Trinajstić information content (AvgIpc) is 2.62. The van der Waals surface area contributed by atoms with Crippen LogP contribution in [0, 0.1) is 13.8 Å². The first-order chi connectivity index (χ1) is 8.40. The molecule has 0 radical (unpaired) electrons. The number of nitrogens with two attached hydrogens (primary N) is 1. The van der Waals surface area contributed by atoms with Gasteiger partial charge in [-0.15, -0.1) is 0 Å². The molecule has 0 amide bonds. The number of hydrogen-bond donors (Lipinski definition) is 2. The van der Waals surface area contributed by atoms with Crippen LogP contribution < -0.4 is 10.5 Å². The van der Waals surface area contributed by atoms with Gasteiger partial charge in [0, 0.05) is 0 Å². The molecule has 0 aliphatic heterocycles. The second kappa shape index (κ2) is 4.58. The van der Waals surface area contributed by atoms with E-state index in [9.17, 15) is 8.42 Å². The van der Waals surface area contributed by atoms with Crippen LogP contribution in [0.3, 0.4) is 0 Å². The maximum atomic E-state index is 12.2. The molecular weight excluding hydrogens is 270 g/mol. The average molecular weight is 283 g/mol. The SMILES string of the molecule is Cc1ccccc1NS(=O)(=O)c1sc(N)nc1C. The number of rotatable bonds is 3. The number of nitrogens with zero attached hydrogens (tertiary/aromatic N) is 1. The summed E-state index contributed by atoms with van der Waals surface area (Å²) in [5.74, 6) is 0. The number of benzene rings is 1. The lowest BCUT2D eigenvalue weighted by atomic mass is 10.2. The van der Waals surface area contributed by atoms with E-state index in [4.69, 9.17) is 5.73 Å². The first-order valence-corrected chi connectivity index (χ1v) is 7.51. The quantitative estimate of drug-likeness (QED) is 0.903. The van der Waals surface area contributed by atoms with E-state index in [0.717, 1.165) is 16.9 Å². The van der Waals surface area contributed by atoms with Crippen LogP contribution >= 0.6 is 11.3 Å². The predicted octanol–water partition coefficient (Wildman–Crippen LogP) is 2.14. The number of nitrogens with one attached hydrogen (secondary N) is 1. The Bertz CT molecular complexity index is 677. The van der Waals surface area contributed by atoms with E-state index in [1.54, 1.807) is 19.1 Å². The lowest BCUT2D eigenvalue weighted by Crippen LogP contribution is -2.13. The molecule has 0 saturated carbocycles. The number of nitrogen functional groups attached to an aromatic ring is 1. The van der Waals surface area contributed by atoms with Gasteiger partial charge >= 0.3 is 0 Å². The van der Waals surface area contributed by atoms with E-state index in [-0.39, 0.29) is 9.34 Å². The molecule has 1 aromatic heterocycles. The van der Waals surface area contributed by atoms with Crippen molar-refractivity contribution in [1.82, 2.24) is 4.98 Å². The maximum Gasteiger partial charge on any atom is 0.273 e. The van der Waals surface area contributed by atoms with Gasteiger partial charge in [-0.3, -0.25) is 4.72 Å². The van der Waals surface area contributed by atoms with Gasteiger partial charge in [-0.05, 0) is 25.5 Å². The third kappa shape index (κ3) is 2.46. The van der Waals surface area contributed by atoms with E-state index in [1.807, 2.05) is 19.1 Å². The summed E-state index contributed by atoms with van der Waals surface area (Å²) in [6.07, 6.45) is 0. The van der Waals surface area contributed by atoms with Crippen molar-refractivity contribution < 1.29 is 8.42 Å². The molecule has 2 aromatic rings. The highest BCUT2D eigenvalue weighted by Gasteiger charge is 2.21. The van der Waals surface area contributed by atoms with E-state index in [2.05, 4.69) is 9.71 Å². The number of hydrogen-bond acceptors (Lipinski definition) is 5. The van der Waals surface area contributed by atoms with Crippen molar-refractivity contribution in [2.24, 2.45) is 0 Å². The molecule has 1 heterocycles. The summed E-state index contributed by atoms with van der Waals surface area (Å²) in [6.45, 7) is 3.46. The van der Waals surface area contributed by atoms with Crippen LogP contribution in [0.5, 0.6) is 0 Å². The highest BCUT2D eigenvalue weighted by molar-refractivity contribution is 7.94. The minimum atomic E-state index is -3.62. The molecule has 1 aromatic carbocycles. The molecule has 2 rings (SSSR count). The predicted molar refractivity (Wildman–Crippen MR) is 73.3 cm³/mol. The summed E-state index contributed by atoms with van der Waals surface area (Å²) in [4.78, 5) is 3.92. The second-order valence-electron chi connectivity index (χ2n) is 3.85. The Morgan fingerprint density at radius 2 is 1.94 bits per heavy atom. The zero-order valence-electron chi connectivity index (χ0n) is 9.97. The fraction of sp³-hybridized carbons (Fsp3) is 0.182. The van der Waals surface area contributed by atoms with Gasteiger partial charge in [0.1, 0.15) is 0 Å². The molecule has 7 heteroatoms. The van der Waals surface area contributed by atoms with Gasteiger partial charge in [-0.25, -0.2) is 13.4 Å². The topological polar surface area (TPSA) is 85.1 Å². The fourth-order valence-electron chi connectivity index (χ4n) is 1.53. The first-order valence-electron chi connectivity index (χ1n) is 5.21. The molecule has 0 saturated heterocycles. The zero-order valence-corrected chi connectivity index (χ0v) is 11.6.